The molecule has 1 atom stereocenters. The van der Waals surface area contributed by atoms with E-state index in [4.69, 9.17) is 15.6 Å². The predicted octanol–water partition coefficient (Wildman–Crippen LogP) is 0.369. The van der Waals surface area contributed by atoms with E-state index in [1.165, 1.54) is 0 Å². The zero-order valence-electron chi connectivity index (χ0n) is 7.63. The third-order valence-corrected chi connectivity index (χ3v) is 1.34. The molecule has 3 N–H and O–H groups in total. The van der Waals surface area contributed by atoms with Crippen LogP contribution in [0, 0.1) is 5.92 Å². The topological polar surface area (TPSA) is 55.5 Å². The van der Waals surface area contributed by atoms with Gasteiger partial charge in [0.1, 0.15) is 0 Å². The molecule has 0 aromatic carbocycles. The van der Waals surface area contributed by atoms with Gasteiger partial charge < -0.3 is 15.6 Å². The first-order valence-electron chi connectivity index (χ1n) is 3.94. The summed E-state index contributed by atoms with van der Waals surface area (Å²) >= 11 is 0. The minimum absolute atomic E-state index is 0.0780. The van der Waals surface area contributed by atoms with E-state index in [0.717, 1.165) is 0 Å². The Morgan fingerprint density at radius 2 is 2.00 bits per heavy atom. The third kappa shape index (κ3) is 6.28. The van der Waals surface area contributed by atoms with Crippen molar-refractivity contribution in [1.29, 1.82) is 0 Å². The molecule has 0 fully saturated rings. The number of hydrogen-bond donors (Lipinski definition) is 2. The van der Waals surface area contributed by atoms with Crippen LogP contribution in [0.25, 0.3) is 0 Å². The molecule has 0 saturated carbocycles. The van der Waals surface area contributed by atoms with E-state index >= 15 is 0 Å². The molecule has 0 aliphatic rings. The third-order valence-electron chi connectivity index (χ3n) is 1.34. The minimum Gasteiger partial charge on any atom is -0.396 e. The number of aliphatic hydroxyl groups is 1. The molecular weight excluding hydrogens is 142 g/mol. The van der Waals surface area contributed by atoms with Gasteiger partial charge in [0, 0.05) is 12.5 Å². The van der Waals surface area contributed by atoms with Crippen molar-refractivity contribution in [3.8, 4) is 0 Å². The first kappa shape index (κ1) is 10.9. The van der Waals surface area contributed by atoms with Gasteiger partial charge in [-0.15, -0.1) is 0 Å². The molecule has 0 rings (SSSR count). The highest BCUT2D eigenvalue weighted by Crippen LogP contribution is 2.08. The molecule has 0 saturated heterocycles. The lowest BCUT2D eigenvalue weighted by Crippen LogP contribution is -2.29. The Labute approximate surface area is 68.5 Å². The second-order valence-corrected chi connectivity index (χ2v) is 3.71. The molecule has 11 heavy (non-hydrogen) atoms. The molecule has 0 aliphatic heterocycles. The van der Waals surface area contributed by atoms with Crippen molar-refractivity contribution in [2.45, 2.75) is 26.4 Å². The maximum atomic E-state index is 8.76. The zero-order valence-corrected chi connectivity index (χ0v) is 7.63. The van der Waals surface area contributed by atoms with Crippen molar-refractivity contribution in [1.82, 2.24) is 0 Å². The lowest BCUT2D eigenvalue weighted by atomic mass is 10.1. The van der Waals surface area contributed by atoms with Crippen LogP contribution < -0.4 is 5.73 Å². The van der Waals surface area contributed by atoms with Crippen LogP contribution >= 0.6 is 0 Å². The molecule has 0 radical (unpaired) electrons. The van der Waals surface area contributed by atoms with Crippen molar-refractivity contribution in [3.05, 3.63) is 0 Å². The van der Waals surface area contributed by atoms with Crippen LogP contribution in [-0.4, -0.2) is 30.5 Å². The fourth-order valence-corrected chi connectivity index (χ4v) is 0.563. The lowest BCUT2D eigenvalue weighted by molar-refractivity contribution is -0.0291. The number of rotatable bonds is 4. The molecule has 0 aliphatic carbocycles. The van der Waals surface area contributed by atoms with Crippen LogP contribution in [0.3, 0.4) is 0 Å². The van der Waals surface area contributed by atoms with E-state index in [9.17, 15) is 0 Å². The van der Waals surface area contributed by atoms with Gasteiger partial charge in [-0.05, 0) is 27.3 Å². The molecular formula is C8H19NO2. The van der Waals surface area contributed by atoms with Gasteiger partial charge in [-0.3, -0.25) is 0 Å². The van der Waals surface area contributed by atoms with Gasteiger partial charge >= 0.3 is 0 Å². The van der Waals surface area contributed by atoms with Crippen LogP contribution in [0.2, 0.25) is 0 Å². The quantitative estimate of drug-likeness (QED) is 0.626. The van der Waals surface area contributed by atoms with E-state index in [-0.39, 0.29) is 18.1 Å². The van der Waals surface area contributed by atoms with Crippen molar-refractivity contribution >= 4 is 0 Å². The number of hydrogen-bond acceptors (Lipinski definition) is 3. The fourth-order valence-electron chi connectivity index (χ4n) is 0.563. The van der Waals surface area contributed by atoms with E-state index in [1.807, 2.05) is 20.8 Å². The summed E-state index contributed by atoms with van der Waals surface area (Å²) in [6, 6.07) is 0. The molecule has 3 nitrogen and oxygen atoms in total. The molecule has 0 amide bonds. The van der Waals surface area contributed by atoms with Gasteiger partial charge in [0.15, 0.2) is 0 Å². The van der Waals surface area contributed by atoms with Crippen LogP contribution in [0.4, 0.5) is 0 Å². The van der Waals surface area contributed by atoms with E-state index in [2.05, 4.69) is 0 Å². The van der Waals surface area contributed by atoms with Crippen LogP contribution in [-0.2, 0) is 4.74 Å². The minimum atomic E-state index is -0.136. The largest absolute Gasteiger partial charge is 0.396 e. The first-order valence-corrected chi connectivity index (χ1v) is 3.94. The summed E-state index contributed by atoms with van der Waals surface area (Å²) in [7, 11) is 0. The SMILES string of the molecule is CC(C)(C)OCC(CN)CO. The van der Waals surface area contributed by atoms with Gasteiger partial charge in [-0.2, -0.15) is 0 Å². The summed E-state index contributed by atoms with van der Waals surface area (Å²) < 4.78 is 5.43. The van der Waals surface area contributed by atoms with Gasteiger partial charge in [-0.25, -0.2) is 0 Å². The number of nitrogens with two attached hydrogens (primary N) is 1. The van der Waals surface area contributed by atoms with Crippen molar-refractivity contribution in [2.75, 3.05) is 19.8 Å². The normalized spacial score (nSPS) is 15.0. The van der Waals surface area contributed by atoms with Crippen LogP contribution in [0.15, 0.2) is 0 Å². The van der Waals surface area contributed by atoms with Crippen molar-refractivity contribution in [3.63, 3.8) is 0 Å². The Morgan fingerprint density at radius 3 is 2.27 bits per heavy atom. The summed E-state index contributed by atoms with van der Waals surface area (Å²) in [5.41, 5.74) is 5.24. The molecule has 0 aromatic rings. The molecule has 0 heterocycles. The Kier molecular flexibility index (Phi) is 4.65. The summed E-state index contributed by atoms with van der Waals surface area (Å²) in [4.78, 5) is 0. The van der Waals surface area contributed by atoms with E-state index in [0.29, 0.717) is 13.2 Å². The van der Waals surface area contributed by atoms with Gasteiger partial charge in [0.05, 0.1) is 12.2 Å². The van der Waals surface area contributed by atoms with Crippen LogP contribution in [0.1, 0.15) is 20.8 Å². The molecule has 1 unspecified atom stereocenters. The van der Waals surface area contributed by atoms with E-state index in [1.54, 1.807) is 0 Å². The smallest absolute Gasteiger partial charge is 0.0598 e. The second kappa shape index (κ2) is 4.70. The molecule has 0 spiro atoms. The highest BCUT2D eigenvalue weighted by Gasteiger charge is 2.13. The summed E-state index contributed by atoms with van der Waals surface area (Å²) in [6.45, 7) is 7.07. The standard InChI is InChI=1S/C8H19NO2/c1-8(2,3)11-6-7(4-9)5-10/h7,10H,4-6,9H2,1-3H3. The van der Waals surface area contributed by atoms with Crippen LogP contribution in [0.5, 0.6) is 0 Å². The number of ether oxygens (including phenoxy) is 1. The lowest BCUT2D eigenvalue weighted by Gasteiger charge is -2.22. The summed E-state index contributed by atoms with van der Waals surface area (Å²) in [5, 5.41) is 8.76. The average molecular weight is 161 g/mol. The average Bonchev–Trinajstić information content (AvgIpc) is 1.88. The maximum Gasteiger partial charge on any atom is 0.0598 e. The molecule has 0 bridgehead atoms. The highest BCUT2D eigenvalue weighted by molar-refractivity contribution is 4.62. The predicted molar refractivity (Wildman–Crippen MR) is 45.3 cm³/mol. The second-order valence-electron chi connectivity index (χ2n) is 3.71. The molecule has 68 valence electrons. The van der Waals surface area contributed by atoms with Crippen molar-refractivity contribution < 1.29 is 9.84 Å². The zero-order chi connectivity index (χ0) is 8.91. The monoisotopic (exact) mass is 161 g/mol. The molecule has 3 heteroatoms. The van der Waals surface area contributed by atoms with Gasteiger partial charge in [0.25, 0.3) is 0 Å². The fraction of sp³-hybridized carbons (Fsp3) is 1.00. The molecule has 0 aromatic heterocycles. The van der Waals surface area contributed by atoms with Crippen molar-refractivity contribution in [2.24, 2.45) is 11.7 Å². The van der Waals surface area contributed by atoms with Gasteiger partial charge in [-0.1, -0.05) is 0 Å². The summed E-state index contributed by atoms with van der Waals surface area (Å²) in [6.07, 6.45) is 0. The highest BCUT2D eigenvalue weighted by atomic mass is 16.5. The van der Waals surface area contributed by atoms with Gasteiger partial charge in [0.2, 0.25) is 0 Å². The van der Waals surface area contributed by atoms with E-state index < -0.39 is 0 Å². The Morgan fingerprint density at radius 1 is 1.45 bits per heavy atom. The Hall–Kier alpha value is -0.120. The maximum absolute atomic E-state index is 8.76. The summed E-state index contributed by atoms with van der Waals surface area (Å²) in [5.74, 6) is 0.0780. The first-order chi connectivity index (χ1) is 4.99. The number of aliphatic hydroxyl groups excluding tert-OH is 1. The Balaban J connectivity index is 3.51. The Bertz CT molecular complexity index is 94.8.